The number of oxime groups is 2. The number of alkyl halides is 3. The average molecular weight is 525 g/mol. The van der Waals surface area contributed by atoms with Gasteiger partial charge in [0.25, 0.3) is 0 Å². The number of aliphatic hydroxyl groups excluding tert-OH is 1. The van der Waals surface area contributed by atoms with Gasteiger partial charge in [-0.25, -0.2) is 8.78 Å². The van der Waals surface area contributed by atoms with E-state index in [0.717, 1.165) is 23.8 Å². The van der Waals surface area contributed by atoms with Gasteiger partial charge in [-0.1, -0.05) is 98.7 Å². The fourth-order valence-corrected chi connectivity index (χ4v) is 3.14. The highest BCUT2D eigenvalue weighted by atomic mass is 35.5. The van der Waals surface area contributed by atoms with Gasteiger partial charge in [0.05, 0.1) is 18.5 Å². The molecular formula is C28H39ClF2N2O3. The molecule has 0 radical (unpaired) electrons. The van der Waals surface area contributed by atoms with E-state index in [1.807, 2.05) is 74.5 Å². The molecule has 0 aliphatic rings. The maximum absolute atomic E-state index is 13.6. The van der Waals surface area contributed by atoms with Crippen LogP contribution in [0.4, 0.5) is 8.78 Å². The lowest BCUT2D eigenvalue weighted by molar-refractivity contribution is 0.0806. The average Bonchev–Trinajstić information content (AvgIpc) is 2.92. The highest BCUT2D eigenvalue weighted by Crippen LogP contribution is 2.19. The first kappa shape index (κ1) is 31.5. The van der Waals surface area contributed by atoms with Gasteiger partial charge in [0.1, 0.15) is 25.6 Å². The van der Waals surface area contributed by atoms with Crippen molar-refractivity contribution in [1.82, 2.24) is 0 Å². The molecule has 0 aromatic heterocycles. The Kier molecular flexibility index (Phi) is 16.4. The zero-order chi connectivity index (χ0) is 26.8. The Morgan fingerprint density at radius 1 is 0.778 bits per heavy atom. The lowest BCUT2D eigenvalue weighted by Crippen LogP contribution is -2.27. The second kappa shape index (κ2) is 18.7. The molecule has 0 aliphatic heterocycles. The minimum atomic E-state index is -1.30. The van der Waals surface area contributed by atoms with Crippen LogP contribution >= 0.6 is 11.6 Å². The van der Waals surface area contributed by atoms with Crippen LogP contribution in [-0.2, 0) is 22.9 Å². The van der Waals surface area contributed by atoms with Gasteiger partial charge in [-0.15, -0.1) is 11.6 Å². The minimum Gasteiger partial charge on any atom is -0.393 e. The van der Waals surface area contributed by atoms with Crippen LogP contribution in [0.1, 0.15) is 51.7 Å². The minimum absolute atomic E-state index is 0.180. The van der Waals surface area contributed by atoms with E-state index in [2.05, 4.69) is 10.3 Å². The van der Waals surface area contributed by atoms with Crippen LogP contribution < -0.4 is 0 Å². The van der Waals surface area contributed by atoms with Crippen LogP contribution in [0.2, 0.25) is 0 Å². The highest BCUT2D eigenvalue weighted by Gasteiger charge is 2.22. The van der Waals surface area contributed by atoms with Gasteiger partial charge in [-0.3, -0.25) is 0 Å². The quantitative estimate of drug-likeness (QED) is 0.163. The molecule has 0 amide bonds. The lowest BCUT2D eigenvalue weighted by Gasteiger charge is -2.17. The third kappa shape index (κ3) is 13.0. The molecule has 0 saturated carbocycles. The summed E-state index contributed by atoms with van der Waals surface area (Å²) in [7, 11) is 0. The summed E-state index contributed by atoms with van der Waals surface area (Å²) in [5, 5.41) is 16.5. The van der Waals surface area contributed by atoms with Crippen molar-refractivity contribution in [2.45, 2.75) is 77.6 Å². The molecular weight excluding hydrogens is 486 g/mol. The van der Waals surface area contributed by atoms with E-state index in [9.17, 15) is 13.9 Å². The number of nitrogens with zero attached hydrogens (tertiary/aromatic N) is 2. The van der Waals surface area contributed by atoms with Crippen molar-refractivity contribution >= 4 is 24.0 Å². The molecule has 0 saturated heterocycles. The SMILES string of the molecule is CC[C@@H](O)[C@@H](C)[C@H](F)C=NOCc1ccccc1.CC[C@H](Cl)[C@@H](C)[C@H](F)C=NOCc1ccccc1. The topological polar surface area (TPSA) is 63.4 Å². The molecule has 200 valence electrons. The van der Waals surface area contributed by atoms with E-state index in [0.29, 0.717) is 19.6 Å². The molecule has 2 rings (SSSR count). The van der Waals surface area contributed by atoms with Crippen LogP contribution in [0, 0.1) is 11.8 Å². The van der Waals surface area contributed by atoms with Gasteiger partial charge < -0.3 is 14.8 Å². The second-order valence-electron chi connectivity index (χ2n) is 8.53. The summed E-state index contributed by atoms with van der Waals surface area (Å²) >= 11 is 5.98. The molecule has 8 heteroatoms. The van der Waals surface area contributed by atoms with Crippen LogP contribution in [0.5, 0.6) is 0 Å². The number of rotatable bonds is 14. The van der Waals surface area contributed by atoms with E-state index in [4.69, 9.17) is 21.3 Å². The summed E-state index contributed by atoms with van der Waals surface area (Å²) < 4.78 is 27.2. The third-order valence-electron chi connectivity index (χ3n) is 5.69. The Morgan fingerprint density at radius 2 is 1.19 bits per heavy atom. The zero-order valence-electron chi connectivity index (χ0n) is 21.5. The first-order valence-electron chi connectivity index (χ1n) is 12.3. The molecule has 0 bridgehead atoms. The summed E-state index contributed by atoms with van der Waals surface area (Å²) in [6.07, 6.45) is 0.423. The monoisotopic (exact) mass is 524 g/mol. The predicted octanol–water partition coefficient (Wildman–Crippen LogP) is 7.11. The molecule has 6 atom stereocenters. The van der Waals surface area contributed by atoms with Crippen molar-refractivity contribution in [3.05, 3.63) is 71.8 Å². The van der Waals surface area contributed by atoms with Gasteiger partial charge in [-0.05, 0) is 24.0 Å². The summed E-state index contributed by atoms with van der Waals surface area (Å²) in [5.74, 6) is -0.736. The van der Waals surface area contributed by atoms with Crippen molar-refractivity contribution in [3.63, 3.8) is 0 Å². The Balaban J connectivity index is 0.000000360. The molecule has 0 unspecified atom stereocenters. The molecule has 5 nitrogen and oxygen atoms in total. The van der Waals surface area contributed by atoms with Crippen molar-refractivity contribution in [2.75, 3.05) is 0 Å². The fourth-order valence-electron chi connectivity index (χ4n) is 3.00. The summed E-state index contributed by atoms with van der Waals surface area (Å²) in [6.45, 7) is 7.84. The third-order valence-corrected chi connectivity index (χ3v) is 6.40. The van der Waals surface area contributed by atoms with Crippen molar-refractivity contribution in [3.8, 4) is 0 Å². The van der Waals surface area contributed by atoms with E-state index in [1.165, 1.54) is 6.21 Å². The van der Waals surface area contributed by atoms with Crippen LogP contribution in [0.15, 0.2) is 71.0 Å². The smallest absolute Gasteiger partial charge is 0.143 e. The molecule has 2 aromatic carbocycles. The largest absolute Gasteiger partial charge is 0.393 e. The molecule has 1 N–H and O–H groups in total. The van der Waals surface area contributed by atoms with Gasteiger partial charge >= 0.3 is 0 Å². The first-order valence-corrected chi connectivity index (χ1v) is 12.7. The molecule has 0 spiro atoms. The normalized spacial score (nSPS) is 16.4. The van der Waals surface area contributed by atoms with Crippen LogP contribution in [0.25, 0.3) is 0 Å². The van der Waals surface area contributed by atoms with Crippen LogP contribution in [-0.4, -0.2) is 41.4 Å². The maximum Gasteiger partial charge on any atom is 0.143 e. The summed E-state index contributed by atoms with van der Waals surface area (Å²) in [4.78, 5) is 10.0. The van der Waals surface area contributed by atoms with Gasteiger partial charge in [0, 0.05) is 17.2 Å². The number of hydrogen-bond donors (Lipinski definition) is 1. The van der Waals surface area contributed by atoms with Crippen molar-refractivity contribution in [2.24, 2.45) is 22.1 Å². The second-order valence-corrected chi connectivity index (χ2v) is 9.09. The molecule has 36 heavy (non-hydrogen) atoms. The lowest BCUT2D eigenvalue weighted by atomic mass is 9.98. The number of hydrogen-bond acceptors (Lipinski definition) is 5. The van der Waals surface area contributed by atoms with E-state index in [1.54, 1.807) is 13.8 Å². The molecule has 0 fully saturated rings. The van der Waals surface area contributed by atoms with E-state index < -0.39 is 24.4 Å². The number of halogens is 3. The van der Waals surface area contributed by atoms with Gasteiger partial charge in [0.15, 0.2) is 0 Å². The predicted molar refractivity (Wildman–Crippen MR) is 144 cm³/mol. The Labute approximate surface area is 219 Å². The van der Waals surface area contributed by atoms with Gasteiger partial charge in [0.2, 0.25) is 0 Å². The van der Waals surface area contributed by atoms with Crippen molar-refractivity contribution < 1.29 is 23.6 Å². The number of benzene rings is 2. The zero-order valence-corrected chi connectivity index (χ0v) is 22.3. The van der Waals surface area contributed by atoms with E-state index in [-0.39, 0.29) is 11.3 Å². The Morgan fingerprint density at radius 3 is 1.58 bits per heavy atom. The molecule has 0 aliphatic carbocycles. The summed E-state index contributed by atoms with van der Waals surface area (Å²) in [6, 6.07) is 19.2. The van der Waals surface area contributed by atoms with Crippen LogP contribution in [0.3, 0.4) is 0 Å². The standard InChI is InChI=1S/C14H19ClFNO.C14H20FNO2/c1-3-13(15)11(2)14(16)9-17-18-10-12-7-5-4-6-8-12;1-3-14(17)11(2)13(15)9-16-18-10-12-7-5-4-6-8-12/h4-9,11,13-14H,3,10H2,1-2H3;4-9,11,13-14,17H,3,10H2,1-2H3/t11-,13+,14-;11-,13+,14+/m10/s1. The molecule has 0 heterocycles. The highest BCUT2D eigenvalue weighted by molar-refractivity contribution is 6.20. The van der Waals surface area contributed by atoms with Crippen molar-refractivity contribution in [1.29, 1.82) is 0 Å². The van der Waals surface area contributed by atoms with Gasteiger partial charge in [-0.2, -0.15) is 0 Å². The summed E-state index contributed by atoms with van der Waals surface area (Å²) in [5.41, 5.74) is 1.98. The fraction of sp³-hybridized carbons (Fsp3) is 0.500. The van der Waals surface area contributed by atoms with E-state index >= 15 is 0 Å². The maximum atomic E-state index is 13.6. The number of aliphatic hydroxyl groups is 1. The Bertz CT molecular complexity index is 787. The molecule has 2 aromatic rings. The Hall–Kier alpha value is -2.51. The first-order chi connectivity index (χ1) is 17.3.